The average molecular weight is 94.2 g/mol. The molecule has 1 heteroatoms. The average Bonchev–Trinajstić information content (AvgIpc) is 1.85. The summed E-state index contributed by atoms with van der Waals surface area (Å²) in [6.07, 6.45) is -2.53. The van der Waals surface area contributed by atoms with Crippen LogP contribution in [0.2, 0.25) is 0 Å². The molecule has 0 aliphatic carbocycles. The fraction of sp³-hybridized carbons (Fsp3) is 1.00. The van der Waals surface area contributed by atoms with Gasteiger partial charge in [-0.3, -0.25) is 0 Å². The van der Waals surface area contributed by atoms with Gasteiger partial charge in [0.1, 0.15) is 0 Å². The van der Waals surface area contributed by atoms with E-state index in [0.29, 0.717) is 0 Å². The topological polar surface area (TPSA) is 20.2 Å². The minimum absolute atomic E-state index is 1.23. The molecule has 1 N–H and O–H groups in total. The lowest BCUT2D eigenvalue weighted by molar-refractivity contribution is 0.0765. The quantitative estimate of drug-likeness (QED) is 0.544. The summed E-state index contributed by atoms with van der Waals surface area (Å²) in [5.74, 6) is 0. The van der Waals surface area contributed by atoms with Crippen LogP contribution in [0.4, 0.5) is 0 Å². The number of rotatable bonds is 2. The first-order chi connectivity index (χ1) is 5.06. The molecule has 0 saturated carbocycles. The van der Waals surface area contributed by atoms with Gasteiger partial charge in [-0.2, -0.15) is 0 Å². The number of hydrogen-bond acceptors (Lipinski definition) is 1. The van der Waals surface area contributed by atoms with Crippen molar-refractivity contribution in [2.24, 2.45) is 0 Å². The van der Waals surface area contributed by atoms with E-state index in [-0.39, 0.29) is 0 Å². The Bertz CT molecular complexity index is 160. The first kappa shape index (κ1) is 1.22. The Hall–Kier alpha value is -0.0400. The molecule has 0 aromatic heterocycles. The van der Waals surface area contributed by atoms with E-state index in [4.69, 9.17) is 8.28 Å². The zero-order chi connectivity index (χ0) is 10.2. The predicted molar refractivity (Wildman–Crippen MR) is 26.6 cm³/mol. The van der Waals surface area contributed by atoms with E-state index in [1.165, 1.54) is 13.8 Å². The molecule has 0 aliphatic heterocycles. The van der Waals surface area contributed by atoms with Gasteiger partial charge in [0.25, 0.3) is 0 Å². The summed E-state index contributed by atoms with van der Waals surface area (Å²) in [7, 11) is 0. The van der Waals surface area contributed by atoms with Crippen molar-refractivity contribution in [3.8, 4) is 0 Å². The highest BCUT2D eigenvalue weighted by atomic mass is 16.3. The molecule has 0 unspecified atom stereocenters. The summed E-state index contributed by atoms with van der Waals surface area (Å²) in [6, 6.07) is 0. The van der Waals surface area contributed by atoms with Crippen molar-refractivity contribution >= 4 is 0 Å². The molecule has 38 valence electrons. The molecule has 0 fully saturated rings. The van der Waals surface area contributed by atoms with Gasteiger partial charge in [-0.25, -0.2) is 0 Å². The van der Waals surface area contributed by atoms with E-state index in [0.717, 1.165) is 0 Å². The van der Waals surface area contributed by atoms with Crippen LogP contribution in [0.1, 0.15) is 33.9 Å². The maximum absolute atomic E-state index is 7.24. The van der Waals surface area contributed by atoms with Gasteiger partial charge in [0.2, 0.25) is 1.43 Å². The summed E-state index contributed by atoms with van der Waals surface area (Å²) in [5, 5.41) is 4.04. The van der Waals surface area contributed by atoms with Gasteiger partial charge in [-0.15, -0.1) is 0 Å². The van der Waals surface area contributed by atoms with Gasteiger partial charge in [-0.05, 0) is 20.2 Å². The zero-order valence-electron chi connectivity index (χ0n) is 9.91. The van der Waals surface area contributed by atoms with E-state index in [2.05, 4.69) is 5.11 Å². The molecule has 0 aliphatic rings. The zero-order valence-corrected chi connectivity index (χ0v) is 3.91. The molecular formula is C5H12O. The lowest BCUT2D eigenvalue weighted by atomic mass is 10.1. The van der Waals surface area contributed by atoms with Gasteiger partial charge >= 0.3 is 0 Å². The Morgan fingerprint density at radius 3 is 3.00 bits per heavy atom. The van der Waals surface area contributed by atoms with E-state index >= 15 is 0 Å². The van der Waals surface area contributed by atoms with Crippen LogP contribution >= 0.6 is 0 Å². The van der Waals surface area contributed by atoms with Crippen LogP contribution in [0.15, 0.2) is 0 Å². The third kappa shape index (κ3) is 3.96. The molecule has 0 atom stereocenters. The summed E-state index contributed by atoms with van der Waals surface area (Å²) in [4.78, 5) is 0. The highest BCUT2D eigenvalue weighted by molar-refractivity contribution is 4.59. The van der Waals surface area contributed by atoms with Crippen LogP contribution in [-0.4, -0.2) is 12.1 Å². The van der Waals surface area contributed by atoms with Crippen LogP contribution in [0.5, 0.6) is 0 Å². The fourth-order valence-electron chi connectivity index (χ4n) is 0. The van der Waals surface area contributed by atoms with E-state index in [1.807, 2.05) is 0 Å². The minimum Gasteiger partial charge on any atom is -0.390 e. The largest absolute Gasteiger partial charge is 0.390 e. The van der Waals surface area contributed by atoms with Gasteiger partial charge in [-0.1, -0.05) is 6.85 Å². The molecule has 0 amide bonds. The smallest absolute Gasteiger partial charge is 0.211 e. The molecule has 0 heterocycles. The van der Waals surface area contributed by atoms with Crippen LogP contribution in [0.25, 0.3) is 0 Å². The first-order valence-corrected chi connectivity index (χ1v) is 1.70. The molecule has 0 spiro atoms. The van der Waals surface area contributed by atoms with Gasteiger partial charge in [0, 0.05) is 6.85 Å². The molecule has 0 aromatic carbocycles. The van der Waals surface area contributed by atoms with Crippen molar-refractivity contribution in [2.45, 2.75) is 32.7 Å². The normalized spacial score (nSPS) is 31.0. The van der Waals surface area contributed by atoms with E-state index in [1.54, 1.807) is 0 Å². The van der Waals surface area contributed by atoms with Crippen molar-refractivity contribution in [2.75, 3.05) is 0 Å². The van der Waals surface area contributed by atoms with Crippen LogP contribution in [-0.2, 0) is 0 Å². The summed E-state index contributed by atoms with van der Waals surface area (Å²) >= 11 is 0. The first-order valence-electron chi connectivity index (χ1n) is 4.61. The highest BCUT2D eigenvalue weighted by Gasteiger charge is 2.05. The molecular weight excluding hydrogens is 76.1 g/mol. The monoisotopic (exact) mass is 94.1 g/mol. The summed E-state index contributed by atoms with van der Waals surface area (Å²) in [6.45, 7) is -0.323. The lowest BCUT2D eigenvalue weighted by Crippen LogP contribution is -2.15. The van der Waals surface area contributed by atoms with Crippen molar-refractivity contribution in [3.63, 3.8) is 0 Å². The molecule has 0 radical (unpaired) electrons. The van der Waals surface area contributed by atoms with Gasteiger partial charge < -0.3 is 5.11 Å². The molecule has 0 aromatic rings. The molecule has 6 heavy (non-hydrogen) atoms. The second-order valence-electron chi connectivity index (χ2n) is 1.64. The number of hydrogen-bond donors (Lipinski definition) is 1. The fourth-order valence-corrected chi connectivity index (χ4v) is 0. The van der Waals surface area contributed by atoms with Crippen molar-refractivity contribution in [3.05, 3.63) is 0 Å². The molecule has 1 nitrogen and oxygen atoms in total. The van der Waals surface area contributed by atoms with Crippen LogP contribution < -0.4 is 0 Å². The van der Waals surface area contributed by atoms with Gasteiger partial charge in [0.15, 0.2) is 0 Å². The Morgan fingerprint density at radius 2 is 2.83 bits per heavy atom. The highest BCUT2D eigenvalue weighted by Crippen LogP contribution is 2.03. The second-order valence-corrected chi connectivity index (χ2v) is 1.64. The van der Waals surface area contributed by atoms with Gasteiger partial charge in [0.05, 0.1) is 5.60 Å². The predicted octanol–water partition coefficient (Wildman–Crippen LogP) is 1.17. The Balaban J connectivity index is 4.85. The van der Waals surface area contributed by atoms with Crippen LogP contribution in [0.3, 0.4) is 0 Å². The molecule has 0 rings (SSSR count). The third-order valence-corrected chi connectivity index (χ3v) is 0.301. The standard InChI is InChI=1S/C5H12O/c1-4-5(2,3)6/h6H,4H2,1-3H3/i1D3,4D2,6D. The summed E-state index contributed by atoms with van der Waals surface area (Å²) in [5.41, 5.74) is -1.64. The third-order valence-electron chi connectivity index (χ3n) is 0.301. The number of aliphatic hydroxyl groups is 1. The molecule has 0 bridgehead atoms. The SMILES string of the molecule is [2H]OC(C)(C)C([2H])([2H])C([2H])([2H])[2H]. The van der Waals surface area contributed by atoms with Crippen molar-refractivity contribution in [1.82, 2.24) is 0 Å². The van der Waals surface area contributed by atoms with E-state index in [9.17, 15) is 0 Å². The van der Waals surface area contributed by atoms with Crippen molar-refractivity contribution in [1.29, 1.82) is 1.43 Å². The molecule has 0 saturated heterocycles. The summed E-state index contributed by atoms with van der Waals surface area (Å²) < 4.78 is 41.7. The second kappa shape index (κ2) is 1.61. The minimum atomic E-state index is -2.78. The Labute approximate surface area is 47.5 Å². The maximum Gasteiger partial charge on any atom is 0.211 e. The lowest BCUT2D eigenvalue weighted by Gasteiger charge is -2.11. The Morgan fingerprint density at radius 1 is 2.17 bits per heavy atom. The van der Waals surface area contributed by atoms with Crippen molar-refractivity contribution < 1.29 is 12.0 Å². The van der Waals surface area contributed by atoms with Crippen LogP contribution in [0, 0.1) is 0 Å². The Kier molecular flexibility index (Phi) is 0.327. The maximum atomic E-state index is 7.24. The van der Waals surface area contributed by atoms with E-state index < -0.39 is 18.8 Å².